The first-order valence-corrected chi connectivity index (χ1v) is 6.97. The molecule has 116 valence electrons. The molecule has 0 aliphatic carbocycles. The number of hydrogen-bond acceptors (Lipinski definition) is 6. The number of halogens is 1. The molecule has 21 heavy (non-hydrogen) atoms. The summed E-state index contributed by atoms with van der Waals surface area (Å²) in [5.41, 5.74) is -0.904. The molecule has 11 heteroatoms. The van der Waals surface area contributed by atoms with Gasteiger partial charge in [0.15, 0.2) is 0 Å². The van der Waals surface area contributed by atoms with Gasteiger partial charge in [-0.2, -0.15) is 9.11 Å². The van der Waals surface area contributed by atoms with Gasteiger partial charge in [0, 0.05) is 18.7 Å². The number of aliphatic hydroxyl groups excluding tert-OH is 1. The average Bonchev–Trinajstić information content (AvgIpc) is 2.37. The number of nitro groups is 1. The van der Waals surface area contributed by atoms with E-state index in [0.717, 1.165) is 6.07 Å². The highest BCUT2D eigenvalue weighted by molar-refractivity contribution is 7.89. The molecule has 0 unspecified atom stereocenters. The van der Waals surface area contributed by atoms with Crippen LogP contribution < -0.4 is 4.72 Å². The smallest absolute Gasteiger partial charge is 0.321 e. The third kappa shape index (κ3) is 4.18. The van der Waals surface area contributed by atoms with Gasteiger partial charge in [0.05, 0.1) is 9.82 Å². The number of nitro benzene ring substituents is 1. The monoisotopic (exact) mass is 322 g/mol. The Kier molecular flexibility index (Phi) is 5.29. The molecule has 3 N–H and O–H groups in total. The summed E-state index contributed by atoms with van der Waals surface area (Å²) in [6, 6.07) is 0.254. The van der Waals surface area contributed by atoms with Crippen LogP contribution in [0, 0.1) is 15.9 Å². The van der Waals surface area contributed by atoms with Crippen LogP contribution in [-0.2, 0) is 14.8 Å². The molecule has 0 aromatic heterocycles. The van der Waals surface area contributed by atoms with Gasteiger partial charge in [0.2, 0.25) is 15.8 Å². The lowest BCUT2D eigenvalue weighted by molar-refractivity contribution is -0.387. The standard InChI is InChI=1S/C10H11FN2O7S/c11-7-5-6(1-2-9(7)13(17)18)21(19,20)12-8(3-4-14)10(15)16/h1-2,5,8,12,14H,3-4H2,(H,15,16)/t8-/m0/s1. The lowest BCUT2D eigenvalue weighted by Crippen LogP contribution is -2.41. The maximum atomic E-state index is 13.4. The molecule has 1 aromatic carbocycles. The molecular weight excluding hydrogens is 311 g/mol. The van der Waals surface area contributed by atoms with E-state index in [1.807, 2.05) is 0 Å². The number of aliphatic carboxylic acids is 1. The number of sulfonamides is 1. The van der Waals surface area contributed by atoms with Crippen LogP contribution >= 0.6 is 0 Å². The van der Waals surface area contributed by atoms with Crippen LogP contribution in [0.1, 0.15) is 6.42 Å². The number of rotatable bonds is 7. The Morgan fingerprint density at radius 3 is 2.52 bits per heavy atom. The van der Waals surface area contributed by atoms with Crippen LogP contribution in [0.15, 0.2) is 23.1 Å². The van der Waals surface area contributed by atoms with Gasteiger partial charge in [-0.15, -0.1) is 0 Å². The quantitative estimate of drug-likeness (QED) is 0.467. The number of hydrogen-bond donors (Lipinski definition) is 3. The lowest BCUT2D eigenvalue weighted by atomic mass is 10.2. The molecule has 0 radical (unpaired) electrons. The summed E-state index contributed by atoms with van der Waals surface area (Å²) < 4.78 is 38.9. The molecule has 0 bridgehead atoms. The molecule has 0 amide bonds. The van der Waals surface area contributed by atoms with Crippen LogP contribution in [0.3, 0.4) is 0 Å². The minimum absolute atomic E-state index is 0.385. The summed E-state index contributed by atoms with van der Waals surface area (Å²) in [5.74, 6) is -2.88. The fourth-order valence-electron chi connectivity index (χ4n) is 1.42. The van der Waals surface area contributed by atoms with Crippen LogP contribution in [-0.4, -0.2) is 42.2 Å². The number of carboxylic acid groups (broad SMARTS) is 1. The van der Waals surface area contributed by atoms with E-state index < -0.39 is 50.0 Å². The number of nitrogens with one attached hydrogen (secondary N) is 1. The highest BCUT2D eigenvalue weighted by atomic mass is 32.2. The van der Waals surface area contributed by atoms with Crippen LogP contribution in [0.2, 0.25) is 0 Å². The summed E-state index contributed by atoms with van der Waals surface area (Å²) in [7, 11) is -4.40. The third-order valence-electron chi connectivity index (χ3n) is 2.44. The Labute approximate surface area is 118 Å². The zero-order chi connectivity index (χ0) is 16.2. The Bertz CT molecular complexity index is 661. The zero-order valence-corrected chi connectivity index (χ0v) is 11.2. The molecule has 1 atom stereocenters. The van der Waals surface area contributed by atoms with Crippen molar-refractivity contribution in [2.45, 2.75) is 17.4 Å². The van der Waals surface area contributed by atoms with Crippen LogP contribution in [0.25, 0.3) is 0 Å². The second kappa shape index (κ2) is 6.56. The Hall–Kier alpha value is -2.11. The minimum atomic E-state index is -4.40. The SMILES string of the molecule is O=C(O)[C@H](CCO)NS(=O)(=O)c1ccc([N+](=O)[O-])c(F)c1. The largest absolute Gasteiger partial charge is 0.480 e. The number of nitrogens with zero attached hydrogens (tertiary/aromatic N) is 1. The first-order valence-electron chi connectivity index (χ1n) is 5.49. The maximum absolute atomic E-state index is 13.4. The van der Waals surface area contributed by atoms with Crippen molar-refractivity contribution < 1.29 is 32.7 Å². The van der Waals surface area contributed by atoms with E-state index >= 15 is 0 Å². The predicted molar refractivity (Wildman–Crippen MR) is 66.5 cm³/mol. The Balaban J connectivity index is 3.10. The summed E-state index contributed by atoms with van der Waals surface area (Å²) in [6.07, 6.45) is -0.385. The van der Waals surface area contributed by atoms with Gasteiger partial charge < -0.3 is 10.2 Å². The van der Waals surface area contributed by atoms with Crippen molar-refractivity contribution in [3.8, 4) is 0 Å². The molecule has 1 rings (SSSR count). The second-order valence-electron chi connectivity index (χ2n) is 3.89. The molecular formula is C10H11FN2O7S. The van der Waals surface area contributed by atoms with Gasteiger partial charge in [0.1, 0.15) is 6.04 Å². The summed E-state index contributed by atoms with van der Waals surface area (Å²) in [5, 5.41) is 27.9. The topological polar surface area (TPSA) is 147 Å². The van der Waals surface area contributed by atoms with Crippen molar-refractivity contribution in [3.63, 3.8) is 0 Å². The molecule has 0 heterocycles. The lowest BCUT2D eigenvalue weighted by Gasteiger charge is -2.13. The molecule has 0 fully saturated rings. The van der Waals surface area contributed by atoms with Crippen LogP contribution in [0.4, 0.5) is 10.1 Å². The number of carboxylic acids is 1. The fourth-order valence-corrected chi connectivity index (χ4v) is 2.66. The van der Waals surface area contributed by atoms with Gasteiger partial charge in [-0.05, 0) is 12.5 Å². The van der Waals surface area contributed by atoms with Crippen molar-refractivity contribution in [1.29, 1.82) is 0 Å². The normalized spacial score (nSPS) is 12.9. The summed E-state index contributed by atoms with van der Waals surface area (Å²) in [6.45, 7) is -0.575. The molecule has 0 aliphatic heterocycles. The number of benzene rings is 1. The predicted octanol–water partition coefficient (Wildman–Crippen LogP) is -0.152. The Morgan fingerprint density at radius 1 is 1.48 bits per heavy atom. The maximum Gasteiger partial charge on any atom is 0.321 e. The first kappa shape index (κ1) is 16.9. The first-order chi connectivity index (χ1) is 9.69. The molecule has 0 aliphatic rings. The van der Waals surface area contributed by atoms with Gasteiger partial charge in [-0.25, -0.2) is 8.42 Å². The summed E-state index contributed by atoms with van der Waals surface area (Å²) >= 11 is 0. The van der Waals surface area contributed by atoms with E-state index in [1.165, 1.54) is 0 Å². The van der Waals surface area contributed by atoms with Gasteiger partial charge in [-0.1, -0.05) is 0 Å². The van der Waals surface area contributed by atoms with E-state index in [-0.39, 0.29) is 6.42 Å². The van der Waals surface area contributed by atoms with Crippen molar-refractivity contribution in [2.24, 2.45) is 0 Å². The van der Waals surface area contributed by atoms with E-state index in [2.05, 4.69) is 0 Å². The van der Waals surface area contributed by atoms with Crippen molar-refractivity contribution in [1.82, 2.24) is 4.72 Å². The van der Waals surface area contributed by atoms with E-state index in [4.69, 9.17) is 10.2 Å². The Morgan fingerprint density at radius 2 is 2.10 bits per heavy atom. The van der Waals surface area contributed by atoms with Gasteiger partial charge >= 0.3 is 11.7 Å². The molecule has 9 nitrogen and oxygen atoms in total. The fraction of sp³-hybridized carbons (Fsp3) is 0.300. The van der Waals surface area contributed by atoms with E-state index in [1.54, 1.807) is 4.72 Å². The van der Waals surface area contributed by atoms with Crippen LogP contribution in [0.5, 0.6) is 0 Å². The highest BCUT2D eigenvalue weighted by Crippen LogP contribution is 2.21. The van der Waals surface area contributed by atoms with E-state index in [9.17, 15) is 27.7 Å². The number of aliphatic hydroxyl groups is 1. The molecule has 1 aromatic rings. The van der Waals surface area contributed by atoms with Gasteiger partial charge in [-0.3, -0.25) is 14.9 Å². The molecule has 0 spiro atoms. The average molecular weight is 322 g/mol. The second-order valence-corrected chi connectivity index (χ2v) is 5.61. The van der Waals surface area contributed by atoms with Crippen molar-refractivity contribution >= 4 is 21.7 Å². The van der Waals surface area contributed by atoms with Gasteiger partial charge in [0.25, 0.3) is 0 Å². The summed E-state index contributed by atoms with van der Waals surface area (Å²) in [4.78, 5) is 19.6. The zero-order valence-electron chi connectivity index (χ0n) is 10.4. The molecule has 0 saturated carbocycles. The highest BCUT2D eigenvalue weighted by Gasteiger charge is 2.26. The third-order valence-corrected chi connectivity index (χ3v) is 3.91. The van der Waals surface area contributed by atoms with Crippen molar-refractivity contribution in [2.75, 3.05) is 6.61 Å². The molecule has 0 saturated heterocycles. The van der Waals surface area contributed by atoms with E-state index in [0.29, 0.717) is 12.1 Å². The number of carbonyl (C=O) groups is 1. The van der Waals surface area contributed by atoms with Crippen molar-refractivity contribution in [3.05, 3.63) is 34.1 Å². The minimum Gasteiger partial charge on any atom is -0.480 e.